The van der Waals surface area contributed by atoms with Gasteiger partial charge in [-0.3, -0.25) is 0 Å². The first-order valence-electron chi connectivity index (χ1n) is 6.52. The van der Waals surface area contributed by atoms with Gasteiger partial charge in [0.05, 0.1) is 0 Å². The van der Waals surface area contributed by atoms with Gasteiger partial charge in [0.25, 0.3) is 0 Å². The van der Waals surface area contributed by atoms with Gasteiger partial charge in [-0.1, -0.05) is 37.3 Å². The molecule has 0 bridgehead atoms. The molecule has 0 heterocycles. The molecule has 1 aliphatic rings. The number of anilines is 1. The van der Waals surface area contributed by atoms with Crippen molar-refractivity contribution in [3.8, 4) is 0 Å². The van der Waals surface area contributed by atoms with Crippen molar-refractivity contribution in [1.29, 1.82) is 0 Å². The SMILES string of the molecule is Nc1cc(Cl)cc(CNC2CCCCCC2)c1. The van der Waals surface area contributed by atoms with E-state index in [0.29, 0.717) is 6.04 Å². The van der Waals surface area contributed by atoms with E-state index in [0.717, 1.165) is 17.3 Å². The monoisotopic (exact) mass is 252 g/mol. The minimum Gasteiger partial charge on any atom is -0.399 e. The van der Waals surface area contributed by atoms with Crippen molar-refractivity contribution in [2.45, 2.75) is 51.1 Å². The summed E-state index contributed by atoms with van der Waals surface area (Å²) in [7, 11) is 0. The van der Waals surface area contributed by atoms with E-state index >= 15 is 0 Å². The van der Waals surface area contributed by atoms with Gasteiger partial charge < -0.3 is 11.1 Å². The summed E-state index contributed by atoms with van der Waals surface area (Å²) in [6.07, 6.45) is 8.10. The smallest absolute Gasteiger partial charge is 0.0429 e. The van der Waals surface area contributed by atoms with Crippen molar-refractivity contribution in [2.24, 2.45) is 0 Å². The Balaban J connectivity index is 1.87. The summed E-state index contributed by atoms with van der Waals surface area (Å²) in [4.78, 5) is 0. The normalized spacial score (nSPS) is 17.9. The molecule has 0 aromatic heterocycles. The lowest BCUT2D eigenvalue weighted by molar-refractivity contribution is 0.459. The molecule has 1 aliphatic carbocycles. The van der Waals surface area contributed by atoms with Gasteiger partial charge in [0, 0.05) is 23.3 Å². The van der Waals surface area contributed by atoms with Crippen LogP contribution in [0.25, 0.3) is 0 Å². The third-order valence-electron chi connectivity index (χ3n) is 3.43. The van der Waals surface area contributed by atoms with Gasteiger partial charge in [-0.05, 0) is 36.6 Å². The first kappa shape index (κ1) is 12.7. The van der Waals surface area contributed by atoms with E-state index in [9.17, 15) is 0 Å². The summed E-state index contributed by atoms with van der Waals surface area (Å²) in [6.45, 7) is 0.870. The number of nitrogens with one attached hydrogen (secondary N) is 1. The van der Waals surface area contributed by atoms with Gasteiger partial charge in [0.1, 0.15) is 0 Å². The van der Waals surface area contributed by atoms with Gasteiger partial charge in [-0.2, -0.15) is 0 Å². The Bertz CT molecular complexity index is 337. The van der Waals surface area contributed by atoms with E-state index in [1.807, 2.05) is 12.1 Å². The molecule has 2 rings (SSSR count). The van der Waals surface area contributed by atoms with E-state index in [1.54, 1.807) is 6.07 Å². The zero-order chi connectivity index (χ0) is 12.1. The third-order valence-corrected chi connectivity index (χ3v) is 3.65. The van der Waals surface area contributed by atoms with Crippen LogP contribution < -0.4 is 11.1 Å². The Labute approximate surface area is 109 Å². The molecule has 0 amide bonds. The number of rotatable bonds is 3. The van der Waals surface area contributed by atoms with Crippen molar-refractivity contribution >= 4 is 17.3 Å². The minimum absolute atomic E-state index is 0.665. The van der Waals surface area contributed by atoms with E-state index in [-0.39, 0.29) is 0 Å². The highest BCUT2D eigenvalue weighted by Crippen LogP contribution is 2.19. The average Bonchev–Trinajstić information content (AvgIpc) is 2.53. The van der Waals surface area contributed by atoms with Crippen molar-refractivity contribution in [3.05, 3.63) is 28.8 Å². The molecule has 0 atom stereocenters. The van der Waals surface area contributed by atoms with Gasteiger partial charge >= 0.3 is 0 Å². The lowest BCUT2D eigenvalue weighted by Crippen LogP contribution is -2.27. The highest BCUT2D eigenvalue weighted by atomic mass is 35.5. The van der Waals surface area contributed by atoms with Crippen LogP contribution in [-0.4, -0.2) is 6.04 Å². The second kappa shape index (κ2) is 6.27. The second-order valence-corrected chi connectivity index (χ2v) is 5.40. The van der Waals surface area contributed by atoms with Crippen LogP contribution in [0.1, 0.15) is 44.1 Å². The molecule has 1 aromatic carbocycles. The molecule has 0 radical (unpaired) electrons. The molecule has 1 saturated carbocycles. The Morgan fingerprint density at radius 3 is 2.47 bits per heavy atom. The molecule has 17 heavy (non-hydrogen) atoms. The van der Waals surface area contributed by atoms with Crippen molar-refractivity contribution in [3.63, 3.8) is 0 Å². The Kier molecular flexibility index (Phi) is 4.69. The van der Waals surface area contributed by atoms with Gasteiger partial charge in [0.2, 0.25) is 0 Å². The van der Waals surface area contributed by atoms with E-state index in [1.165, 1.54) is 44.1 Å². The number of hydrogen-bond donors (Lipinski definition) is 2. The number of halogens is 1. The van der Waals surface area contributed by atoms with Crippen LogP contribution in [0.3, 0.4) is 0 Å². The molecule has 0 unspecified atom stereocenters. The Hall–Kier alpha value is -0.730. The number of hydrogen-bond acceptors (Lipinski definition) is 2. The van der Waals surface area contributed by atoms with Crippen LogP contribution in [-0.2, 0) is 6.54 Å². The predicted octanol–water partition coefficient (Wildman–Crippen LogP) is 3.73. The van der Waals surface area contributed by atoms with Crippen LogP contribution in [0, 0.1) is 0 Å². The average molecular weight is 253 g/mol. The first-order chi connectivity index (χ1) is 8.24. The maximum atomic E-state index is 5.99. The Morgan fingerprint density at radius 1 is 1.12 bits per heavy atom. The van der Waals surface area contributed by atoms with Crippen molar-refractivity contribution in [1.82, 2.24) is 5.32 Å². The summed E-state index contributed by atoms with van der Waals surface area (Å²) in [5.74, 6) is 0. The zero-order valence-electron chi connectivity index (χ0n) is 10.2. The lowest BCUT2D eigenvalue weighted by Gasteiger charge is -2.16. The van der Waals surface area contributed by atoms with Crippen LogP contribution in [0.15, 0.2) is 18.2 Å². The molecular formula is C14H21ClN2. The highest BCUT2D eigenvalue weighted by Gasteiger charge is 2.11. The molecule has 0 spiro atoms. The van der Waals surface area contributed by atoms with Crippen LogP contribution in [0.2, 0.25) is 5.02 Å². The molecule has 94 valence electrons. The summed E-state index contributed by atoms with van der Waals surface area (Å²) < 4.78 is 0. The van der Waals surface area contributed by atoms with Crippen LogP contribution in [0.4, 0.5) is 5.69 Å². The molecule has 0 aliphatic heterocycles. The molecule has 0 saturated heterocycles. The van der Waals surface area contributed by atoms with Crippen LogP contribution in [0.5, 0.6) is 0 Å². The fourth-order valence-corrected chi connectivity index (χ4v) is 2.79. The van der Waals surface area contributed by atoms with Crippen molar-refractivity contribution in [2.75, 3.05) is 5.73 Å². The molecular weight excluding hydrogens is 232 g/mol. The van der Waals surface area contributed by atoms with Crippen LogP contribution >= 0.6 is 11.6 Å². The van der Waals surface area contributed by atoms with E-state index in [4.69, 9.17) is 17.3 Å². The summed E-state index contributed by atoms with van der Waals surface area (Å²) in [5, 5.41) is 4.34. The highest BCUT2D eigenvalue weighted by molar-refractivity contribution is 6.30. The maximum absolute atomic E-state index is 5.99. The second-order valence-electron chi connectivity index (χ2n) is 4.96. The molecule has 3 N–H and O–H groups in total. The van der Waals surface area contributed by atoms with Gasteiger partial charge in [-0.15, -0.1) is 0 Å². The van der Waals surface area contributed by atoms with Gasteiger partial charge in [-0.25, -0.2) is 0 Å². The quantitative estimate of drug-likeness (QED) is 0.635. The van der Waals surface area contributed by atoms with E-state index in [2.05, 4.69) is 5.32 Å². The summed E-state index contributed by atoms with van der Waals surface area (Å²) in [5.41, 5.74) is 7.71. The standard InChI is InChI=1S/C14H21ClN2/c15-12-7-11(8-13(16)9-12)10-17-14-5-3-1-2-4-6-14/h7-9,14,17H,1-6,10,16H2. The van der Waals surface area contributed by atoms with Crippen molar-refractivity contribution < 1.29 is 0 Å². The summed E-state index contributed by atoms with van der Waals surface area (Å²) >= 11 is 5.99. The first-order valence-corrected chi connectivity index (χ1v) is 6.90. The molecule has 3 heteroatoms. The largest absolute Gasteiger partial charge is 0.399 e. The fourth-order valence-electron chi connectivity index (χ4n) is 2.52. The third kappa shape index (κ3) is 4.21. The predicted molar refractivity (Wildman–Crippen MR) is 74.2 cm³/mol. The molecule has 2 nitrogen and oxygen atoms in total. The number of nitrogens with two attached hydrogens (primary N) is 1. The fraction of sp³-hybridized carbons (Fsp3) is 0.571. The molecule has 1 aromatic rings. The topological polar surface area (TPSA) is 38.0 Å². The number of benzene rings is 1. The Morgan fingerprint density at radius 2 is 1.82 bits per heavy atom. The van der Waals surface area contributed by atoms with Gasteiger partial charge in [0.15, 0.2) is 0 Å². The lowest BCUT2D eigenvalue weighted by atomic mass is 10.1. The zero-order valence-corrected chi connectivity index (χ0v) is 11.0. The number of nitrogen functional groups attached to an aromatic ring is 1. The molecule has 1 fully saturated rings. The van der Waals surface area contributed by atoms with E-state index < -0.39 is 0 Å². The maximum Gasteiger partial charge on any atom is 0.0429 e. The summed E-state index contributed by atoms with van der Waals surface area (Å²) in [6, 6.07) is 6.44. The minimum atomic E-state index is 0.665.